The lowest BCUT2D eigenvalue weighted by Gasteiger charge is -2.28. The van der Waals surface area contributed by atoms with Crippen molar-refractivity contribution in [3.05, 3.63) is 60.2 Å². The highest BCUT2D eigenvalue weighted by molar-refractivity contribution is 7.89. The van der Waals surface area contributed by atoms with Gasteiger partial charge in [-0.25, -0.2) is 12.7 Å². The Bertz CT molecular complexity index is 911. The van der Waals surface area contributed by atoms with E-state index < -0.39 is 10.0 Å². The molecule has 0 unspecified atom stereocenters. The monoisotopic (exact) mass is 431 g/mol. The molecule has 162 valence electrons. The lowest BCUT2D eigenvalue weighted by Crippen LogP contribution is -2.36. The van der Waals surface area contributed by atoms with Gasteiger partial charge in [-0.2, -0.15) is 0 Å². The molecule has 3 rings (SSSR count). The average molecular weight is 432 g/mol. The number of hydrogen-bond acceptors (Lipinski definition) is 5. The maximum atomic E-state index is 12.5. The molecule has 0 aromatic heterocycles. The zero-order valence-electron chi connectivity index (χ0n) is 17.3. The van der Waals surface area contributed by atoms with E-state index in [1.165, 1.54) is 11.4 Å². The Morgan fingerprint density at radius 1 is 1.07 bits per heavy atom. The molecule has 0 radical (unpaired) electrons. The zero-order chi connectivity index (χ0) is 21.4. The molecule has 0 aliphatic carbocycles. The van der Waals surface area contributed by atoms with Crippen molar-refractivity contribution in [2.75, 3.05) is 44.8 Å². The third kappa shape index (κ3) is 6.04. The Kier molecular flexibility index (Phi) is 7.84. The number of anilines is 1. The van der Waals surface area contributed by atoms with Gasteiger partial charge in [-0.15, -0.1) is 0 Å². The molecule has 1 amide bonds. The minimum atomic E-state index is -3.52. The van der Waals surface area contributed by atoms with Gasteiger partial charge in [-0.05, 0) is 36.2 Å². The number of nitrogens with one attached hydrogen (secondary N) is 1. The molecule has 2 aromatic carbocycles. The van der Waals surface area contributed by atoms with E-state index in [4.69, 9.17) is 4.74 Å². The number of carbonyl (C=O) groups is 1. The van der Waals surface area contributed by atoms with Gasteiger partial charge in [0.25, 0.3) is 0 Å². The molecule has 1 heterocycles. The summed E-state index contributed by atoms with van der Waals surface area (Å²) in [6, 6.07) is 16.5. The molecule has 0 atom stereocenters. The molecular formula is C22H29N3O4S. The minimum absolute atomic E-state index is 0.0854. The normalized spacial score (nSPS) is 14.7. The summed E-state index contributed by atoms with van der Waals surface area (Å²) < 4.78 is 31.6. The number of sulfonamides is 1. The quantitative estimate of drug-likeness (QED) is 0.659. The van der Waals surface area contributed by atoms with Gasteiger partial charge in [0, 0.05) is 45.3 Å². The molecule has 1 aliphatic heterocycles. The molecule has 1 N–H and O–H groups in total. The first-order chi connectivity index (χ1) is 14.5. The van der Waals surface area contributed by atoms with Crippen LogP contribution in [0.3, 0.4) is 0 Å². The third-order valence-corrected chi connectivity index (χ3v) is 7.00. The van der Waals surface area contributed by atoms with Gasteiger partial charge in [0.1, 0.15) is 0 Å². The van der Waals surface area contributed by atoms with E-state index >= 15 is 0 Å². The van der Waals surface area contributed by atoms with Crippen molar-refractivity contribution < 1.29 is 17.9 Å². The highest BCUT2D eigenvalue weighted by Gasteiger charge is 2.20. The van der Waals surface area contributed by atoms with E-state index in [1.807, 2.05) is 12.1 Å². The van der Waals surface area contributed by atoms with Crippen LogP contribution >= 0.6 is 0 Å². The summed E-state index contributed by atoms with van der Waals surface area (Å²) in [6.07, 6.45) is 0.741. The maximum Gasteiger partial charge on any atom is 0.242 e. The second-order valence-electron chi connectivity index (χ2n) is 7.29. The molecule has 0 saturated carbocycles. The van der Waals surface area contributed by atoms with Gasteiger partial charge in [0.2, 0.25) is 15.9 Å². The van der Waals surface area contributed by atoms with Crippen molar-refractivity contribution in [3.63, 3.8) is 0 Å². The first-order valence-corrected chi connectivity index (χ1v) is 11.6. The van der Waals surface area contributed by atoms with Crippen LogP contribution in [-0.4, -0.2) is 58.5 Å². The fourth-order valence-corrected chi connectivity index (χ4v) is 4.52. The highest BCUT2D eigenvalue weighted by atomic mass is 32.2. The standard InChI is InChI=1S/C22H29N3O4S/c1-24(30(27,28)21-6-3-2-4-7-21)13-5-8-22(26)23-18-19-9-11-20(12-10-19)25-14-16-29-17-15-25/h2-4,6-7,9-12H,5,8,13-18H2,1H3,(H,23,26). The average Bonchev–Trinajstić information content (AvgIpc) is 2.79. The van der Waals surface area contributed by atoms with Crippen LogP contribution in [0.2, 0.25) is 0 Å². The Morgan fingerprint density at radius 3 is 2.40 bits per heavy atom. The SMILES string of the molecule is CN(CCCC(=O)NCc1ccc(N2CCOCC2)cc1)S(=O)(=O)c1ccccc1. The molecule has 8 heteroatoms. The Balaban J connectivity index is 1.39. The van der Waals surface area contributed by atoms with Crippen molar-refractivity contribution in [3.8, 4) is 0 Å². The molecule has 0 spiro atoms. The summed E-state index contributed by atoms with van der Waals surface area (Å²) in [6.45, 7) is 4.04. The fraction of sp³-hybridized carbons (Fsp3) is 0.409. The van der Waals surface area contributed by atoms with Crippen LogP contribution < -0.4 is 10.2 Å². The first kappa shape index (κ1) is 22.3. The lowest BCUT2D eigenvalue weighted by molar-refractivity contribution is -0.121. The van der Waals surface area contributed by atoms with Crippen LogP contribution in [-0.2, 0) is 26.1 Å². The van der Waals surface area contributed by atoms with E-state index in [0.717, 1.165) is 37.6 Å². The van der Waals surface area contributed by atoms with E-state index in [9.17, 15) is 13.2 Å². The third-order valence-electron chi connectivity index (χ3n) is 5.13. The highest BCUT2D eigenvalue weighted by Crippen LogP contribution is 2.17. The van der Waals surface area contributed by atoms with Crippen molar-refractivity contribution in [1.29, 1.82) is 0 Å². The number of rotatable bonds is 9. The van der Waals surface area contributed by atoms with Gasteiger partial charge in [0.15, 0.2) is 0 Å². The van der Waals surface area contributed by atoms with Crippen LogP contribution in [0.4, 0.5) is 5.69 Å². The molecule has 1 fully saturated rings. The number of amides is 1. The number of hydrogen-bond donors (Lipinski definition) is 1. The molecule has 0 bridgehead atoms. The summed E-state index contributed by atoms with van der Waals surface area (Å²) >= 11 is 0. The summed E-state index contributed by atoms with van der Waals surface area (Å²) in [4.78, 5) is 14.7. The zero-order valence-corrected chi connectivity index (χ0v) is 18.1. The Morgan fingerprint density at radius 2 is 1.73 bits per heavy atom. The summed E-state index contributed by atoms with van der Waals surface area (Å²) in [7, 11) is -1.98. The molecule has 30 heavy (non-hydrogen) atoms. The predicted molar refractivity (Wildman–Crippen MR) is 117 cm³/mol. The second-order valence-corrected chi connectivity index (χ2v) is 9.33. The van der Waals surface area contributed by atoms with Crippen molar-refractivity contribution in [2.24, 2.45) is 0 Å². The minimum Gasteiger partial charge on any atom is -0.378 e. The smallest absolute Gasteiger partial charge is 0.242 e. The second kappa shape index (κ2) is 10.6. The number of ether oxygens (including phenoxy) is 1. The van der Waals surface area contributed by atoms with Crippen LogP contribution in [0.5, 0.6) is 0 Å². The number of carbonyl (C=O) groups excluding carboxylic acids is 1. The number of benzene rings is 2. The molecule has 7 nitrogen and oxygen atoms in total. The van der Waals surface area contributed by atoms with Gasteiger partial charge in [-0.1, -0.05) is 30.3 Å². The summed E-state index contributed by atoms with van der Waals surface area (Å²) in [5, 5.41) is 2.90. The lowest BCUT2D eigenvalue weighted by atomic mass is 10.2. The van der Waals surface area contributed by atoms with Gasteiger partial charge in [0.05, 0.1) is 18.1 Å². The largest absolute Gasteiger partial charge is 0.378 e. The van der Waals surface area contributed by atoms with Crippen LogP contribution in [0.25, 0.3) is 0 Å². The van der Waals surface area contributed by atoms with E-state index in [1.54, 1.807) is 30.3 Å². The van der Waals surface area contributed by atoms with Gasteiger partial charge < -0.3 is 15.0 Å². The van der Waals surface area contributed by atoms with Crippen molar-refractivity contribution in [1.82, 2.24) is 9.62 Å². The van der Waals surface area contributed by atoms with E-state index in [2.05, 4.69) is 22.3 Å². The van der Waals surface area contributed by atoms with Crippen LogP contribution in [0.1, 0.15) is 18.4 Å². The molecule has 1 aliphatic rings. The van der Waals surface area contributed by atoms with Crippen LogP contribution in [0, 0.1) is 0 Å². The Labute approximate surface area is 178 Å². The molecule has 2 aromatic rings. The Hall–Kier alpha value is -2.42. The maximum absolute atomic E-state index is 12.5. The summed E-state index contributed by atoms with van der Waals surface area (Å²) in [5.74, 6) is -0.0854. The predicted octanol–water partition coefficient (Wildman–Crippen LogP) is 2.24. The number of nitrogens with zero attached hydrogens (tertiary/aromatic N) is 2. The van der Waals surface area contributed by atoms with Gasteiger partial charge >= 0.3 is 0 Å². The molecular weight excluding hydrogens is 402 g/mol. The van der Waals surface area contributed by atoms with Gasteiger partial charge in [-0.3, -0.25) is 4.79 Å². The first-order valence-electron chi connectivity index (χ1n) is 10.2. The van der Waals surface area contributed by atoms with E-state index in [-0.39, 0.29) is 17.2 Å². The molecule has 1 saturated heterocycles. The van der Waals surface area contributed by atoms with Crippen molar-refractivity contribution >= 4 is 21.6 Å². The van der Waals surface area contributed by atoms with E-state index in [0.29, 0.717) is 19.5 Å². The van der Waals surface area contributed by atoms with Crippen LogP contribution in [0.15, 0.2) is 59.5 Å². The van der Waals surface area contributed by atoms with Crippen molar-refractivity contribution in [2.45, 2.75) is 24.3 Å². The fourth-order valence-electron chi connectivity index (χ4n) is 3.29. The summed E-state index contributed by atoms with van der Waals surface area (Å²) in [5.41, 5.74) is 2.19. The number of morpholine rings is 1. The topological polar surface area (TPSA) is 79.0 Å².